The minimum absolute atomic E-state index is 0.0495. The van der Waals surface area contributed by atoms with E-state index in [0.29, 0.717) is 42.5 Å². The van der Waals surface area contributed by atoms with Gasteiger partial charge in [0, 0.05) is 12.8 Å². The molecule has 0 amide bonds. The van der Waals surface area contributed by atoms with Crippen LogP contribution in [0.1, 0.15) is 142 Å². The Morgan fingerprint density at radius 3 is 1.75 bits per heavy atom. The second kappa shape index (κ2) is 34.3. The highest BCUT2D eigenvalue weighted by atomic mass is 31.2. The number of phosphoric acid groups is 1. The topological polar surface area (TPSA) is 124 Å². The molecule has 0 aromatic heterocycles. The van der Waals surface area contributed by atoms with Gasteiger partial charge in [-0.25, -0.2) is 0 Å². The third kappa shape index (κ3) is 35.1. The van der Waals surface area contributed by atoms with Gasteiger partial charge in [0.1, 0.15) is 19.8 Å². The molecule has 0 aromatic rings. The molecular weight excluding hydrogens is 741 g/mol. The van der Waals surface area contributed by atoms with E-state index in [-0.39, 0.29) is 26.1 Å². The van der Waals surface area contributed by atoms with Crippen LogP contribution in [0.15, 0.2) is 72.9 Å². The summed E-state index contributed by atoms with van der Waals surface area (Å²) in [6.45, 7) is 3.99. The fourth-order valence-corrected chi connectivity index (χ4v) is 6.34. The minimum atomic E-state index is -4.65. The molecule has 326 valence electrons. The minimum Gasteiger partial charge on any atom is -0.756 e. The Balaban J connectivity index is 2.33. The average molecular weight is 820 g/mol. The first-order chi connectivity index (χ1) is 27.5. The number of carbonyl (C=O) groups excluding carboxylic acids is 2. The van der Waals surface area contributed by atoms with E-state index in [1.165, 1.54) is 25.7 Å². The molecule has 1 aliphatic heterocycles. The van der Waals surface area contributed by atoms with Gasteiger partial charge >= 0.3 is 11.9 Å². The molecule has 1 rings (SSSR count). The molecule has 11 heteroatoms. The zero-order valence-corrected chi connectivity index (χ0v) is 37.1. The van der Waals surface area contributed by atoms with Crippen LogP contribution in [-0.4, -0.2) is 82.2 Å². The third-order valence-corrected chi connectivity index (χ3v) is 10.1. The van der Waals surface area contributed by atoms with E-state index >= 15 is 0 Å². The maximum absolute atomic E-state index is 12.7. The molecule has 1 saturated heterocycles. The van der Waals surface area contributed by atoms with Crippen LogP contribution in [0.2, 0.25) is 0 Å². The van der Waals surface area contributed by atoms with Crippen LogP contribution in [0, 0.1) is 0 Å². The lowest BCUT2D eigenvalue weighted by atomic mass is 10.1. The van der Waals surface area contributed by atoms with Crippen molar-refractivity contribution in [3.8, 4) is 0 Å². The molecule has 0 spiro atoms. The number of unbranched alkanes of at least 4 members (excludes halogenated alkanes) is 9. The number of quaternary nitrogens is 1. The van der Waals surface area contributed by atoms with E-state index in [0.717, 1.165) is 70.6 Å². The first-order valence-electron chi connectivity index (χ1n) is 21.8. The van der Waals surface area contributed by atoms with Gasteiger partial charge in [-0.1, -0.05) is 119 Å². The van der Waals surface area contributed by atoms with Crippen LogP contribution in [-0.2, 0) is 37.4 Å². The van der Waals surface area contributed by atoms with Gasteiger partial charge in [0.2, 0.25) is 0 Å². The number of ether oxygens (including phenoxy) is 3. The Bertz CT molecular complexity index is 1270. The van der Waals surface area contributed by atoms with Crippen molar-refractivity contribution in [3.05, 3.63) is 72.9 Å². The molecule has 0 radical (unpaired) electrons. The monoisotopic (exact) mass is 820 g/mol. The predicted molar refractivity (Wildman–Crippen MR) is 230 cm³/mol. The predicted octanol–water partition coefficient (Wildman–Crippen LogP) is 10.6. The molecule has 4 unspecified atom stereocenters. The van der Waals surface area contributed by atoms with E-state index in [2.05, 4.69) is 80.7 Å². The summed E-state index contributed by atoms with van der Waals surface area (Å²) in [4.78, 5) is 37.5. The number of esters is 2. The Kier molecular flexibility index (Phi) is 31.5. The summed E-state index contributed by atoms with van der Waals surface area (Å²) in [5.41, 5.74) is 0. The molecule has 1 aliphatic rings. The number of carbonyl (C=O) groups is 2. The lowest BCUT2D eigenvalue weighted by molar-refractivity contribution is -0.870. The van der Waals surface area contributed by atoms with E-state index in [1.807, 2.05) is 27.2 Å². The zero-order chi connectivity index (χ0) is 41.9. The normalized spacial score (nSPS) is 17.9. The molecule has 0 N–H and O–H groups in total. The molecule has 4 atom stereocenters. The summed E-state index contributed by atoms with van der Waals surface area (Å²) in [5, 5.41) is 0. The summed E-state index contributed by atoms with van der Waals surface area (Å²) < 4.78 is 39.3. The highest BCUT2D eigenvalue weighted by Crippen LogP contribution is 2.38. The number of hydrogen-bond acceptors (Lipinski definition) is 9. The molecule has 57 heavy (non-hydrogen) atoms. The number of rotatable bonds is 37. The molecule has 0 saturated carbocycles. The maximum atomic E-state index is 12.7. The Hall–Kier alpha value is -2.59. The average Bonchev–Trinajstić information content (AvgIpc) is 3.93. The van der Waals surface area contributed by atoms with Crippen LogP contribution >= 0.6 is 7.82 Å². The first kappa shape index (κ1) is 52.4. The fraction of sp³-hybridized carbons (Fsp3) is 0.696. The Morgan fingerprint density at radius 1 is 0.649 bits per heavy atom. The fourth-order valence-electron chi connectivity index (χ4n) is 5.61. The first-order valence-corrected chi connectivity index (χ1v) is 23.2. The second-order valence-corrected chi connectivity index (χ2v) is 17.1. The van der Waals surface area contributed by atoms with Crippen LogP contribution < -0.4 is 4.89 Å². The van der Waals surface area contributed by atoms with E-state index in [1.54, 1.807) is 0 Å². The SMILES string of the molecule is CCCCC/C=C\C/C=C\CCCCCCCC(=O)OCC(COP(=O)([O-])OCC[N+](C)(C)C)OC(=O)CCC/C=C\C/C=C\C/C=C\C/C=C\CC1OC1CC. The van der Waals surface area contributed by atoms with Gasteiger partial charge in [0.15, 0.2) is 6.10 Å². The summed E-state index contributed by atoms with van der Waals surface area (Å²) in [5.74, 6) is -0.931. The van der Waals surface area contributed by atoms with Crippen LogP contribution in [0.3, 0.4) is 0 Å². The van der Waals surface area contributed by atoms with E-state index in [9.17, 15) is 19.0 Å². The second-order valence-electron chi connectivity index (χ2n) is 15.7. The zero-order valence-electron chi connectivity index (χ0n) is 36.2. The van der Waals surface area contributed by atoms with Gasteiger partial charge in [-0.05, 0) is 83.5 Å². The lowest BCUT2D eigenvalue weighted by Crippen LogP contribution is -2.37. The van der Waals surface area contributed by atoms with Gasteiger partial charge in [-0.2, -0.15) is 0 Å². The summed E-state index contributed by atoms with van der Waals surface area (Å²) in [6, 6.07) is 0. The summed E-state index contributed by atoms with van der Waals surface area (Å²) in [6.07, 6.45) is 44.1. The largest absolute Gasteiger partial charge is 0.756 e. The molecule has 0 bridgehead atoms. The number of likely N-dealkylation sites (N-methyl/N-ethyl adjacent to an activating group) is 1. The Morgan fingerprint density at radius 2 is 1.18 bits per heavy atom. The standard InChI is InChI=1S/C46H78NO9P/c1-6-8-9-10-11-12-13-14-15-18-21-24-27-30-33-36-45(48)52-40-42(41-54-57(50,51)53-39-38-47(3,4)5)55-46(49)37-34-31-28-25-22-19-16-17-20-23-26-29-32-35-44-43(7-2)56-44/h11-12,14-16,19-20,23,25,28-29,32,42-44H,6-10,13,17-18,21-22,24,26-27,30-31,33-41H2,1-5H3/b12-11-,15-14-,19-16-,23-20-,28-25-,32-29-. The van der Waals surface area contributed by atoms with Crippen LogP contribution in [0.25, 0.3) is 0 Å². The van der Waals surface area contributed by atoms with Crippen molar-refractivity contribution in [1.82, 2.24) is 0 Å². The molecule has 1 heterocycles. The van der Waals surface area contributed by atoms with Crippen molar-refractivity contribution < 1.29 is 46.8 Å². The molecule has 10 nitrogen and oxygen atoms in total. The summed E-state index contributed by atoms with van der Waals surface area (Å²) >= 11 is 0. The molecule has 1 fully saturated rings. The highest BCUT2D eigenvalue weighted by Gasteiger charge is 2.35. The van der Waals surface area contributed by atoms with Crippen molar-refractivity contribution in [3.63, 3.8) is 0 Å². The molecule has 0 aromatic carbocycles. The van der Waals surface area contributed by atoms with Crippen LogP contribution in [0.5, 0.6) is 0 Å². The van der Waals surface area contributed by atoms with Gasteiger partial charge in [0.25, 0.3) is 7.82 Å². The molecule has 0 aliphatic carbocycles. The number of hydrogen-bond donors (Lipinski definition) is 0. The smallest absolute Gasteiger partial charge is 0.306 e. The van der Waals surface area contributed by atoms with E-state index < -0.39 is 32.5 Å². The van der Waals surface area contributed by atoms with Crippen LogP contribution in [0.4, 0.5) is 0 Å². The quantitative estimate of drug-likeness (QED) is 0.0150. The van der Waals surface area contributed by atoms with Gasteiger partial charge in [0.05, 0.1) is 40.0 Å². The number of phosphoric ester groups is 1. The maximum Gasteiger partial charge on any atom is 0.306 e. The van der Waals surface area contributed by atoms with Crippen molar-refractivity contribution in [2.24, 2.45) is 0 Å². The third-order valence-electron chi connectivity index (χ3n) is 9.18. The van der Waals surface area contributed by atoms with Crippen molar-refractivity contribution >= 4 is 19.8 Å². The van der Waals surface area contributed by atoms with Crippen molar-refractivity contribution in [2.75, 3.05) is 47.5 Å². The number of epoxide rings is 1. The Labute approximate surface area is 346 Å². The number of nitrogens with zero attached hydrogens (tertiary/aromatic N) is 1. The van der Waals surface area contributed by atoms with Gasteiger partial charge in [-0.3, -0.25) is 14.2 Å². The van der Waals surface area contributed by atoms with E-state index in [4.69, 9.17) is 23.3 Å². The molecular formula is C46H78NO9P. The summed E-state index contributed by atoms with van der Waals surface area (Å²) in [7, 11) is 1.10. The van der Waals surface area contributed by atoms with Crippen molar-refractivity contribution in [1.29, 1.82) is 0 Å². The van der Waals surface area contributed by atoms with Crippen molar-refractivity contribution in [2.45, 2.75) is 161 Å². The highest BCUT2D eigenvalue weighted by molar-refractivity contribution is 7.45. The lowest BCUT2D eigenvalue weighted by Gasteiger charge is -2.28. The number of allylic oxidation sites excluding steroid dienone is 11. The van der Waals surface area contributed by atoms with Gasteiger partial charge in [-0.15, -0.1) is 0 Å². The van der Waals surface area contributed by atoms with Gasteiger partial charge < -0.3 is 32.6 Å².